The van der Waals surface area contributed by atoms with Gasteiger partial charge in [0.05, 0.1) is 92.0 Å². The molecular weight excluding hydrogens is 1040 g/mol. The summed E-state index contributed by atoms with van der Waals surface area (Å²) in [7, 11) is 1.07. The standard InChI is InChI=1S/C51H76ClN5O20/c1-32(58)57-41-38(73-33(2)59)30-51(48(65)67-8,76-47(41)46(75-35(4)61)39(74-34(3)60)31-56-40(62)29-36-13-15-37(52)16-14-36)72-20-12-10-9-11-17-53-42-43(45(64)44(42)63)54-18-21-68-23-25-70-27-28-71-26-24-69-22-19-55-49(66)77-50(5,6)7/h13-16,38-39,41,46-47,53-54H,9-12,17-31H2,1-8H3,(H,55,66)(H,56,62)(H,57,58)/t38-,39+,41+,46+,47+,51+/m0/s1. The molecule has 1 saturated heterocycles. The Hall–Kier alpha value is -5.96. The van der Waals surface area contributed by atoms with Gasteiger partial charge in [0.1, 0.15) is 29.2 Å². The maximum absolute atomic E-state index is 13.8. The maximum atomic E-state index is 13.8. The van der Waals surface area contributed by atoms with E-state index in [2.05, 4.69) is 26.6 Å². The highest BCUT2D eigenvalue weighted by Crippen LogP contribution is 2.37. The van der Waals surface area contributed by atoms with E-state index in [0.29, 0.717) is 95.6 Å². The third-order valence-electron chi connectivity index (χ3n) is 11.0. The van der Waals surface area contributed by atoms with Crippen molar-refractivity contribution in [3.8, 4) is 0 Å². The number of amides is 3. The third-order valence-corrected chi connectivity index (χ3v) is 11.3. The normalized spacial score (nSPS) is 18.0. The van der Waals surface area contributed by atoms with Crippen LogP contribution in [0.3, 0.4) is 0 Å². The van der Waals surface area contributed by atoms with Gasteiger partial charge in [0.2, 0.25) is 11.8 Å². The number of methoxy groups -OCH3 is 1. The molecule has 0 aliphatic carbocycles. The van der Waals surface area contributed by atoms with Gasteiger partial charge in [-0.15, -0.1) is 0 Å². The van der Waals surface area contributed by atoms with Crippen molar-refractivity contribution in [1.29, 1.82) is 0 Å². The second kappa shape index (κ2) is 34.0. The monoisotopic (exact) mass is 1110 g/mol. The van der Waals surface area contributed by atoms with Crippen LogP contribution in [-0.2, 0) is 87.3 Å². The first-order valence-corrected chi connectivity index (χ1v) is 25.7. The zero-order valence-corrected chi connectivity index (χ0v) is 45.9. The van der Waals surface area contributed by atoms with Crippen LogP contribution in [0.15, 0.2) is 33.9 Å². The summed E-state index contributed by atoms with van der Waals surface area (Å²) in [6.45, 7) is 12.8. The average molecular weight is 1110 g/mol. The minimum Gasteiger partial charge on any atom is -0.465 e. The largest absolute Gasteiger partial charge is 0.465 e. The third kappa shape index (κ3) is 24.5. The molecule has 0 unspecified atom stereocenters. The van der Waals surface area contributed by atoms with Gasteiger partial charge in [0.15, 0.2) is 12.2 Å². The summed E-state index contributed by atoms with van der Waals surface area (Å²) >= 11 is 5.98. The van der Waals surface area contributed by atoms with E-state index in [9.17, 15) is 43.2 Å². The van der Waals surface area contributed by atoms with Gasteiger partial charge in [0.25, 0.3) is 16.6 Å². The lowest BCUT2D eigenvalue weighted by Gasteiger charge is -2.48. The lowest BCUT2D eigenvalue weighted by atomic mass is 9.87. The first-order valence-electron chi connectivity index (χ1n) is 25.3. The molecule has 1 aliphatic rings. The van der Waals surface area contributed by atoms with E-state index >= 15 is 0 Å². The SMILES string of the molecule is COC(=O)[C@@]1(OCCCCCCNc2c(NCCOCCOCCOCCOCCNC(=O)OC(C)(C)C)c(=O)c2=O)C[C@H](OC(C)=O)[C@@H](NC(C)=O)[C@H]([C@H](OC(C)=O)[C@@H](CNC(=O)Cc2ccc(Cl)cc2)OC(C)=O)O1. The molecular formula is C51H76ClN5O20. The van der Waals surface area contributed by atoms with Crippen molar-refractivity contribution >= 4 is 64.8 Å². The Kier molecular flexibility index (Phi) is 28.9. The number of hydrogen-bond acceptors (Lipinski definition) is 22. The molecule has 1 aliphatic heterocycles. The van der Waals surface area contributed by atoms with Crippen LogP contribution in [0.4, 0.5) is 16.2 Å². The first-order chi connectivity index (χ1) is 36.5. The maximum Gasteiger partial charge on any atom is 0.407 e. The van der Waals surface area contributed by atoms with Crippen LogP contribution < -0.4 is 37.4 Å². The smallest absolute Gasteiger partial charge is 0.407 e. The molecule has 0 bridgehead atoms. The van der Waals surface area contributed by atoms with Gasteiger partial charge < -0.3 is 78.7 Å². The number of alkyl carbamates (subject to hydrolysis) is 1. The van der Waals surface area contributed by atoms with Crippen molar-refractivity contribution in [3.05, 3.63) is 55.3 Å². The molecule has 3 rings (SSSR count). The molecule has 1 fully saturated rings. The molecule has 2 aromatic rings. The number of unbranched alkanes of at least 4 members (excludes halogenated alkanes) is 3. The minimum atomic E-state index is -2.33. The van der Waals surface area contributed by atoms with Gasteiger partial charge in [-0.3, -0.25) is 33.6 Å². The number of rotatable bonds is 36. The van der Waals surface area contributed by atoms with Gasteiger partial charge >= 0.3 is 30.0 Å². The predicted octanol–water partition coefficient (Wildman–Crippen LogP) is 2.24. The molecule has 0 saturated carbocycles. The van der Waals surface area contributed by atoms with E-state index in [1.807, 2.05) is 0 Å². The summed E-state index contributed by atoms with van der Waals surface area (Å²) in [5.74, 6) is -7.10. The quantitative estimate of drug-likeness (QED) is 0.0283. The van der Waals surface area contributed by atoms with Crippen molar-refractivity contribution in [2.75, 3.05) is 103 Å². The number of carbonyl (C=O) groups excluding carboxylic acids is 7. The molecule has 25 nitrogen and oxygen atoms in total. The Morgan fingerprint density at radius 2 is 1.26 bits per heavy atom. The van der Waals surface area contributed by atoms with Gasteiger partial charge in [-0.05, 0) is 51.3 Å². The Bertz CT molecular complexity index is 2270. The fraction of sp³-hybridized carbons (Fsp3) is 0.667. The molecule has 2 aromatic carbocycles. The summed E-state index contributed by atoms with van der Waals surface area (Å²) in [4.78, 5) is 114. The Labute approximate surface area is 452 Å². The van der Waals surface area contributed by atoms with Gasteiger partial charge in [-0.1, -0.05) is 36.6 Å². The molecule has 432 valence electrons. The predicted molar refractivity (Wildman–Crippen MR) is 277 cm³/mol. The van der Waals surface area contributed by atoms with Crippen molar-refractivity contribution in [2.45, 2.75) is 129 Å². The van der Waals surface area contributed by atoms with Crippen molar-refractivity contribution < 1.29 is 85.7 Å². The summed E-state index contributed by atoms with van der Waals surface area (Å²) in [6, 6.07) is 5.17. The number of halogens is 1. The van der Waals surface area contributed by atoms with Crippen molar-refractivity contribution in [2.24, 2.45) is 0 Å². The van der Waals surface area contributed by atoms with Crippen LogP contribution in [0, 0.1) is 0 Å². The molecule has 0 aromatic heterocycles. The summed E-state index contributed by atoms with van der Waals surface area (Å²) < 4.78 is 61.7. The topological polar surface area (TPSA) is 315 Å². The van der Waals surface area contributed by atoms with Gasteiger partial charge in [0, 0.05) is 52.4 Å². The lowest BCUT2D eigenvalue weighted by Crippen LogP contribution is -2.69. The molecule has 6 atom stereocenters. The summed E-state index contributed by atoms with van der Waals surface area (Å²) in [6.07, 6.45) is -5.21. The lowest BCUT2D eigenvalue weighted by molar-refractivity contribution is -0.313. The van der Waals surface area contributed by atoms with E-state index in [-0.39, 0.29) is 37.6 Å². The highest BCUT2D eigenvalue weighted by atomic mass is 35.5. The van der Waals surface area contributed by atoms with Crippen LogP contribution >= 0.6 is 11.6 Å². The zero-order chi connectivity index (χ0) is 57.0. The number of ether oxygens (including phenoxy) is 11. The van der Waals surface area contributed by atoms with E-state index in [0.717, 1.165) is 27.9 Å². The summed E-state index contributed by atoms with van der Waals surface area (Å²) in [5, 5.41) is 14.3. The number of hydrogen-bond donors (Lipinski definition) is 5. The Morgan fingerprint density at radius 1 is 0.701 bits per heavy atom. The average Bonchev–Trinajstić information content (AvgIpc) is 3.35. The van der Waals surface area contributed by atoms with Gasteiger partial charge in [-0.25, -0.2) is 9.59 Å². The highest BCUT2D eigenvalue weighted by molar-refractivity contribution is 6.30. The molecule has 26 heteroatoms. The van der Waals surface area contributed by atoms with E-state index in [4.69, 9.17) is 63.7 Å². The van der Waals surface area contributed by atoms with E-state index in [1.165, 1.54) is 6.92 Å². The number of esters is 4. The summed E-state index contributed by atoms with van der Waals surface area (Å²) in [5.41, 5.74) is -0.887. The molecule has 77 heavy (non-hydrogen) atoms. The fourth-order valence-corrected chi connectivity index (χ4v) is 7.88. The molecule has 0 radical (unpaired) electrons. The minimum absolute atomic E-state index is 0.103. The molecule has 3 amide bonds. The van der Waals surface area contributed by atoms with E-state index < -0.39 is 107 Å². The number of benzene rings is 1. The van der Waals surface area contributed by atoms with Crippen LogP contribution in [0.5, 0.6) is 0 Å². The molecule has 5 N–H and O–H groups in total. The van der Waals surface area contributed by atoms with Crippen LogP contribution in [0.1, 0.15) is 86.1 Å². The first kappa shape index (κ1) is 65.3. The van der Waals surface area contributed by atoms with Crippen LogP contribution in [0.2, 0.25) is 5.02 Å². The fourth-order valence-electron chi connectivity index (χ4n) is 7.75. The molecule has 0 spiro atoms. The van der Waals surface area contributed by atoms with E-state index in [1.54, 1.807) is 45.0 Å². The Balaban J connectivity index is 1.50. The second-order valence-electron chi connectivity index (χ2n) is 18.6. The van der Waals surface area contributed by atoms with Crippen molar-refractivity contribution in [3.63, 3.8) is 0 Å². The van der Waals surface area contributed by atoms with Crippen LogP contribution in [-0.4, -0.2) is 176 Å². The van der Waals surface area contributed by atoms with Crippen molar-refractivity contribution in [1.82, 2.24) is 16.0 Å². The highest BCUT2D eigenvalue weighted by Gasteiger charge is 2.59. The van der Waals surface area contributed by atoms with Crippen LogP contribution in [0.25, 0.3) is 0 Å². The number of carbonyl (C=O) groups is 7. The zero-order valence-electron chi connectivity index (χ0n) is 45.2. The number of nitrogens with one attached hydrogen (secondary N) is 5. The second-order valence-corrected chi connectivity index (χ2v) is 19.1. The molecule has 1 heterocycles. The van der Waals surface area contributed by atoms with Gasteiger partial charge in [-0.2, -0.15) is 0 Å². The number of anilines is 2. The Morgan fingerprint density at radius 3 is 1.81 bits per heavy atom.